The van der Waals surface area contributed by atoms with Gasteiger partial charge < -0.3 is 4.74 Å². The van der Waals surface area contributed by atoms with Crippen LogP contribution < -0.4 is 4.31 Å². The Labute approximate surface area is 203 Å². The Morgan fingerprint density at radius 3 is 2.26 bits per heavy atom. The van der Waals surface area contributed by atoms with Crippen LogP contribution in [0.5, 0.6) is 0 Å². The molecule has 0 saturated carbocycles. The summed E-state index contributed by atoms with van der Waals surface area (Å²) in [7, 11) is -4.05. The van der Waals surface area contributed by atoms with Crippen molar-refractivity contribution in [2.45, 2.75) is 24.3 Å². The molecule has 0 N–H and O–H groups in total. The van der Waals surface area contributed by atoms with Gasteiger partial charge >= 0.3 is 5.97 Å². The number of rotatable bonds is 8. The molecular weight excluding hydrogens is 468 g/mol. The van der Waals surface area contributed by atoms with E-state index in [4.69, 9.17) is 4.74 Å². The van der Waals surface area contributed by atoms with E-state index in [1.165, 1.54) is 28.6 Å². The van der Waals surface area contributed by atoms with E-state index in [1.807, 2.05) is 30.3 Å². The Bertz CT molecular complexity index is 1330. The van der Waals surface area contributed by atoms with E-state index in [2.05, 4.69) is 0 Å². The molecule has 1 fully saturated rings. The van der Waals surface area contributed by atoms with Crippen molar-refractivity contribution in [3.63, 3.8) is 0 Å². The molecule has 0 atom stereocenters. The molecule has 1 saturated heterocycles. The van der Waals surface area contributed by atoms with Gasteiger partial charge in [0.15, 0.2) is 6.61 Å². The zero-order valence-corrected chi connectivity index (χ0v) is 19.7. The van der Waals surface area contributed by atoms with Gasteiger partial charge in [-0.2, -0.15) is 0 Å². The number of carbonyl (C=O) groups is 3. The van der Waals surface area contributed by atoms with Gasteiger partial charge in [0.1, 0.15) is 0 Å². The Hall–Kier alpha value is -3.98. The van der Waals surface area contributed by atoms with Gasteiger partial charge in [-0.25, -0.2) is 13.2 Å². The van der Waals surface area contributed by atoms with Crippen LogP contribution in [-0.4, -0.2) is 44.3 Å². The van der Waals surface area contributed by atoms with Crippen molar-refractivity contribution in [1.82, 2.24) is 4.90 Å². The largest absolute Gasteiger partial charge is 0.452 e. The lowest BCUT2D eigenvalue weighted by Crippen LogP contribution is -2.35. The zero-order valence-electron chi connectivity index (χ0n) is 18.9. The lowest BCUT2D eigenvalue weighted by Gasteiger charge is -2.25. The predicted molar refractivity (Wildman–Crippen MR) is 129 cm³/mol. The summed E-state index contributed by atoms with van der Waals surface area (Å²) in [5.74, 6) is -1.74. The molecule has 3 aromatic rings. The minimum absolute atomic E-state index is 0.0145. The van der Waals surface area contributed by atoms with E-state index >= 15 is 0 Å². The summed E-state index contributed by atoms with van der Waals surface area (Å²) < 4.78 is 33.7. The quantitative estimate of drug-likeness (QED) is 0.447. The van der Waals surface area contributed by atoms with E-state index in [-0.39, 0.29) is 22.9 Å². The highest BCUT2D eigenvalue weighted by atomic mass is 32.2. The molecule has 0 unspecified atom stereocenters. The van der Waals surface area contributed by atoms with Crippen LogP contribution in [0.3, 0.4) is 0 Å². The number of ether oxygens (including phenoxy) is 1. The first kappa shape index (κ1) is 24.2. The third-order valence-electron chi connectivity index (χ3n) is 5.57. The molecular formula is C26H24N2O6S. The number of anilines is 1. The van der Waals surface area contributed by atoms with Crippen molar-refractivity contribution in [3.8, 4) is 0 Å². The monoisotopic (exact) mass is 492 g/mol. The summed E-state index contributed by atoms with van der Waals surface area (Å²) in [6, 6.07) is 23.4. The molecule has 1 aliphatic heterocycles. The second-order valence-electron chi connectivity index (χ2n) is 7.98. The zero-order chi connectivity index (χ0) is 24.8. The summed E-state index contributed by atoms with van der Waals surface area (Å²) in [6.07, 6.45) is 0.875. The molecule has 0 aliphatic carbocycles. The van der Waals surface area contributed by atoms with Crippen molar-refractivity contribution in [1.29, 1.82) is 0 Å². The van der Waals surface area contributed by atoms with Crippen molar-refractivity contribution in [2.24, 2.45) is 0 Å². The minimum Gasteiger partial charge on any atom is -0.452 e. The van der Waals surface area contributed by atoms with Crippen molar-refractivity contribution in [3.05, 3.63) is 96.1 Å². The first-order valence-electron chi connectivity index (χ1n) is 11.1. The van der Waals surface area contributed by atoms with Crippen LogP contribution in [0.4, 0.5) is 5.69 Å². The average molecular weight is 493 g/mol. The lowest BCUT2D eigenvalue weighted by atomic mass is 10.2. The van der Waals surface area contributed by atoms with Gasteiger partial charge in [-0.15, -0.1) is 0 Å². The molecule has 3 aromatic carbocycles. The molecule has 1 aliphatic rings. The molecule has 0 radical (unpaired) electrons. The Morgan fingerprint density at radius 1 is 0.914 bits per heavy atom. The fourth-order valence-electron chi connectivity index (χ4n) is 3.77. The van der Waals surface area contributed by atoms with E-state index in [9.17, 15) is 22.8 Å². The number of amides is 2. The van der Waals surface area contributed by atoms with Crippen LogP contribution in [0, 0.1) is 0 Å². The SMILES string of the molecule is O=C(OCC(=O)N1CCCC1=O)c1cccc(S(=O)(=O)N(Cc2ccccc2)c2ccccc2)c1. The summed E-state index contributed by atoms with van der Waals surface area (Å²) in [6.45, 7) is -0.189. The maximum atomic E-state index is 13.7. The number of hydrogen-bond acceptors (Lipinski definition) is 6. The van der Waals surface area contributed by atoms with Crippen LogP contribution >= 0.6 is 0 Å². The maximum Gasteiger partial charge on any atom is 0.338 e. The van der Waals surface area contributed by atoms with Gasteiger partial charge in [0.25, 0.3) is 15.9 Å². The molecule has 4 rings (SSSR count). The highest BCUT2D eigenvalue weighted by Crippen LogP contribution is 2.26. The second kappa shape index (κ2) is 10.5. The molecule has 0 bridgehead atoms. The molecule has 1 heterocycles. The fraction of sp³-hybridized carbons (Fsp3) is 0.192. The molecule has 35 heavy (non-hydrogen) atoms. The van der Waals surface area contributed by atoms with E-state index in [0.717, 1.165) is 10.5 Å². The normalized spacial score (nSPS) is 13.5. The number of carbonyl (C=O) groups excluding carboxylic acids is 3. The number of nitrogens with zero attached hydrogens (tertiary/aromatic N) is 2. The Morgan fingerprint density at radius 2 is 1.60 bits per heavy atom. The highest BCUT2D eigenvalue weighted by molar-refractivity contribution is 7.92. The van der Waals surface area contributed by atoms with Crippen LogP contribution in [-0.2, 0) is 30.9 Å². The van der Waals surface area contributed by atoms with Crippen LogP contribution in [0.25, 0.3) is 0 Å². The first-order valence-corrected chi connectivity index (χ1v) is 12.5. The van der Waals surface area contributed by atoms with Crippen molar-refractivity contribution >= 4 is 33.5 Å². The molecule has 180 valence electrons. The van der Waals surface area contributed by atoms with Gasteiger partial charge in [-0.1, -0.05) is 54.6 Å². The molecule has 0 aromatic heterocycles. The second-order valence-corrected chi connectivity index (χ2v) is 9.84. The van der Waals surface area contributed by atoms with Gasteiger partial charge in [-0.05, 0) is 42.3 Å². The lowest BCUT2D eigenvalue weighted by molar-refractivity contribution is -0.143. The molecule has 2 amide bonds. The van der Waals surface area contributed by atoms with Crippen molar-refractivity contribution < 1.29 is 27.5 Å². The smallest absolute Gasteiger partial charge is 0.338 e. The molecule has 8 nitrogen and oxygen atoms in total. The average Bonchev–Trinajstić information content (AvgIpc) is 3.32. The van der Waals surface area contributed by atoms with E-state index < -0.39 is 28.5 Å². The molecule has 9 heteroatoms. The summed E-state index contributed by atoms with van der Waals surface area (Å²) in [4.78, 5) is 37.4. The third kappa shape index (κ3) is 5.58. The van der Waals surface area contributed by atoms with E-state index in [0.29, 0.717) is 25.1 Å². The molecule has 0 spiro atoms. The Kier molecular flexibility index (Phi) is 7.26. The van der Waals surface area contributed by atoms with Crippen LogP contribution in [0.1, 0.15) is 28.8 Å². The summed E-state index contributed by atoms with van der Waals surface area (Å²) in [5, 5.41) is 0. The minimum atomic E-state index is -4.05. The number of sulfonamides is 1. The maximum absolute atomic E-state index is 13.7. The number of imide groups is 1. The summed E-state index contributed by atoms with van der Waals surface area (Å²) in [5.41, 5.74) is 1.26. The Balaban J connectivity index is 1.56. The van der Waals surface area contributed by atoms with Crippen molar-refractivity contribution in [2.75, 3.05) is 17.5 Å². The van der Waals surface area contributed by atoms with Gasteiger partial charge in [0.05, 0.1) is 22.7 Å². The van der Waals surface area contributed by atoms with Gasteiger partial charge in [0.2, 0.25) is 5.91 Å². The highest BCUT2D eigenvalue weighted by Gasteiger charge is 2.28. The third-order valence-corrected chi connectivity index (χ3v) is 7.34. The predicted octanol–water partition coefficient (Wildman–Crippen LogP) is 3.39. The topological polar surface area (TPSA) is 101 Å². The number of hydrogen-bond donors (Lipinski definition) is 0. The number of para-hydroxylation sites is 1. The first-order chi connectivity index (χ1) is 16.9. The van der Waals surface area contributed by atoms with Crippen LogP contribution in [0.2, 0.25) is 0 Å². The fourth-order valence-corrected chi connectivity index (χ4v) is 5.27. The van der Waals surface area contributed by atoms with Crippen LogP contribution in [0.15, 0.2) is 89.8 Å². The summed E-state index contributed by atoms with van der Waals surface area (Å²) >= 11 is 0. The van der Waals surface area contributed by atoms with Gasteiger partial charge in [0, 0.05) is 13.0 Å². The van der Waals surface area contributed by atoms with E-state index in [1.54, 1.807) is 30.3 Å². The number of likely N-dealkylation sites (tertiary alicyclic amines) is 1. The van der Waals surface area contributed by atoms with Gasteiger partial charge in [-0.3, -0.25) is 18.8 Å². The number of esters is 1. The standard InChI is InChI=1S/C26H24N2O6S/c29-24-15-8-16-27(24)25(30)19-34-26(31)21-11-7-14-23(17-21)35(32,33)28(22-12-5-2-6-13-22)18-20-9-3-1-4-10-20/h1-7,9-14,17H,8,15-16,18-19H2. The number of benzene rings is 3.